The van der Waals surface area contributed by atoms with Crippen molar-refractivity contribution in [3.63, 3.8) is 0 Å². The minimum absolute atomic E-state index is 0.281. The number of allylic oxidation sites excluding steroid dienone is 1. The van der Waals surface area contributed by atoms with Crippen LogP contribution in [0.2, 0.25) is 0 Å². The lowest BCUT2D eigenvalue weighted by atomic mass is 9.84. The molecule has 7 nitrogen and oxygen atoms in total. The molecule has 1 aliphatic rings. The number of pyridine rings is 1. The molecule has 156 valence electrons. The molecule has 2 aromatic rings. The number of carbonyl (C=O) groups excluding carboxylic acids is 1. The number of nitriles is 1. The summed E-state index contributed by atoms with van der Waals surface area (Å²) in [6.45, 7) is 0.281. The van der Waals surface area contributed by atoms with Gasteiger partial charge in [-0.3, -0.25) is 0 Å². The van der Waals surface area contributed by atoms with Crippen molar-refractivity contribution in [3.05, 3.63) is 59.3 Å². The molecule has 0 spiro atoms. The van der Waals surface area contributed by atoms with Gasteiger partial charge in [0, 0.05) is 13.5 Å². The third-order valence-electron chi connectivity index (χ3n) is 5.27. The van der Waals surface area contributed by atoms with Gasteiger partial charge in [0.1, 0.15) is 24.0 Å². The number of ether oxygens (including phenoxy) is 4. The molecule has 0 saturated heterocycles. The third kappa shape index (κ3) is 4.44. The number of hydrogen-bond donors (Lipinski definition) is 0. The Morgan fingerprint density at radius 1 is 1.17 bits per heavy atom. The maximum absolute atomic E-state index is 12.1. The van der Waals surface area contributed by atoms with Crippen LogP contribution >= 0.6 is 0 Å². The molecule has 1 atom stereocenters. The monoisotopic (exact) mass is 408 g/mol. The van der Waals surface area contributed by atoms with Gasteiger partial charge in [-0.1, -0.05) is 18.2 Å². The minimum Gasteiger partial charge on any atom is -0.497 e. The van der Waals surface area contributed by atoms with Crippen LogP contribution in [-0.4, -0.2) is 37.9 Å². The van der Waals surface area contributed by atoms with Crippen molar-refractivity contribution in [2.45, 2.75) is 31.5 Å². The Kier molecular flexibility index (Phi) is 6.70. The Morgan fingerprint density at radius 3 is 2.50 bits per heavy atom. The first-order chi connectivity index (χ1) is 14.5. The number of aromatic nitrogens is 1. The van der Waals surface area contributed by atoms with Crippen LogP contribution in [0.5, 0.6) is 11.6 Å². The van der Waals surface area contributed by atoms with Gasteiger partial charge in [0.15, 0.2) is 5.60 Å². The maximum atomic E-state index is 12.1. The van der Waals surface area contributed by atoms with Gasteiger partial charge in [0.05, 0.1) is 19.9 Å². The van der Waals surface area contributed by atoms with Crippen LogP contribution < -0.4 is 9.47 Å². The van der Waals surface area contributed by atoms with E-state index in [1.54, 1.807) is 19.2 Å². The summed E-state index contributed by atoms with van der Waals surface area (Å²) in [4.78, 5) is 16.7. The molecule has 0 amide bonds. The zero-order valence-corrected chi connectivity index (χ0v) is 17.3. The topological polar surface area (TPSA) is 90.7 Å². The highest BCUT2D eigenvalue weighted by atomic mass is 16.6. The Bertz CT molecular complexity index is 978. The average molecular weight is 408 g/mol. The molecular weight excluding hydrogens is 384 g/mol. The predicted octanol–water partition coefficient (Wildman–Crippen LogP) is 3.67. The lowest BCUT2D eigenvalue weighted by Crippen LogP contribution is -2.42. The van der Waals surface area contributed by atoms with Crippen LogP contribution in [0.3, 0.4) is 0 Å². The molecule has 0 fully saturated rings. The normalized spacial score (nSPS) is 18.1. The number of esters is 1. The number of benzene rings is 1. The lowest BCUT2D eigenvalue weighted by molar-refractivity contribution is -0.166. The summed E-state index contributed by atoms with van der Waals surface area (Å²) in [5.74, 6) is 0.666. The second kappa shape index (κ2) is 9.42. The summed E-state index contributed by atoms with van der Waals surface area (Å²) in [5, 5.41) is 9.40. The van der Waals surface area contributed by atoms with Gasteiger partial charge in [0.2, 0.25) is 5.88 Å². The highest BCUT2D eigenvalue weighted by molar-refractivity contribution is 5.81. The molecule has 0 saturated carbocycles. The quantitative estimate of drug-likeness (QED) is 0.646. The number of rotatable bonds is 7. The van der Waals surface area contributed by atoms with Gasteiger partial charge >= 0.3 is 5.97 Å². The molecule has 1 unspecified atom stereocenters. The number of methoxy groups -OCH3 is 3. The van der Waals surface area contributed by atoms with Crippen molar-refractivity contribution < 1.29 is 23.7 Å². The van der Waals surface area contributed by atoms with Crippen LogP contribution in [0.4, 0.5) is 0 Å². The van der Waals surface area contributed by atoms with Crippen molar-refractivity contribution in [1.82, 2.24) is 4.98 Å². The fraction of sp³-hybridized carbons (Fsp3) is 0.348. The van der Waals surface area contributed by atoms with Crippen molar-refractivity contribution in [1.29, 1.82) is 5.26 Å². The minimum atomic E-state index is -0.960. The third-order valence-corrected chi connectivity index (χ3v) is 5.27. The molecule has 30 heavy (non-hydrogen) atoms. The summed E-state index contributed by atoms with van der Waals surface area (Å²) in [6, 6.07) is 13.1. The van der Waals surface area contributed by atoms with Gasteiger partial charge in [-0.15, -0.1) is 0 Å². The van der Waals surface area contributed by atoms with Crippen molar-refractivity contribution in [2.75, 3.05) is 21.3 Å². The largest absolute Gasteiger partial charge is 0.497 e. The average Bonchev–Trinajstić information content (AvgIpc) is 2.82. The van der Waals surface area contributed by atoms with Gasteiger partial charge < -0.3 is 18.9 Å². The number of nitrogens with zero attached hydrogens (tertiary/aromatic N) is 2. The van der Waals surface area contributed by atoms with Gasteiger partial charge in [-0.05, 0) is 48.2 Å². The molecule has 1 aliphatic carbocycles. The molecule has 1 heterocycles. The van der Waals surface area contributed by atoms with Crippen molar-refractivity contribution in [2.24, 2.45) is 0 Å². The van der Waals surface area contributed by atoms with Gasteiger partial charge in [-0.25, -0.2) is 9.78 Å². The zero-order valence-electron chi connectivity index (χ0n) is 17.3. The van der Waals surface area contributed by atoms with E-state index in [2.05, 4.69) is 11.1 Å². The molecule has 0 aliphatic heterocycles. The first kappa shape index (κ1) is 21.3. The first-order valence-corrected chi connectivity index (χ1v) is 9.55. The highest BCUT2D eigenvalue weighted by Crippen LogP contribution is 2.36. The summed E-state index contributed by atoms with van der Waals surface area (Å²) >= 11 is 0. The molecule has 0 bridgehead atoms. The summed E-state index contributed by atoms with van der Waals surface area (Å²) < 4.78 is 21.3. The second-order valence-electron chi connectivity index (χ2n) is 6.92. The Balaban J connectivity index is 1.78. The van der Waals surface area contributed by atoms with E-state index in [0.29, 0.717) is 30.5 Å². The van der Waals surface area contributed by atoms with Crippen LogP contribution in [0.1, 0.15) is 36.1 Å². The van der Waals surface area contributed by atoms with Crippen LogP contribution in [0.25, 0.3) is 5.57 Å². The summed E-state index contributed by atoms with van der Waals surface area (Å²) in [5.41, 5.74) is 2.04. The lowest BCUT2D eigenvalue weighted by Gasteiger charge is -2.32. The fourth-order valence-corrected chi connectivity index (χ4v) is 3.39. The predicted molar refractivity (Wildman–Crippen MR) is 110 cm³/mol. The van der Waals surface area contributed by atoms with E-state index in [-0.39, 0.29) is 18.5 Å². The molecule has 0 radical (unpaired) electrons. The molecular formula is C23H24N2O5. The Hall–Kier alpha value is -3.37. The molecule has 0 N–H and O–H groups in total. The maximum Gasteiger partial charge on any atom is 0.338 e. The van der Waals surface area contributed by atoms with Gasteiger partial charge in [-0.2, -0.15) is 5.26 Å². The van der Waals surface area contributed by atoms with Crippen molar-refractivity contribution in [3.8, 4) is 17.7 Å². The summed E-state index contributed by atoms with van der Waals surface area (Å²) in [6.07, 6.45) is 3.42. The number of carbonyl (C=O) groups is 1. The number of hydrogen-bond acceptors (Lipinski definition) is 7. The van der Waals surface area contributed by atoms with E-state index < -0.39 is 5.60 Å². The van der Waals surface area contributed by atoms with Crippen molar-refractivity contribution >= 4 is 11.5 Å². The molecule has 1 aromatic heterocycles. The van der Waals surface area contributed by atoms with E-state index in [0.717, 1.165) is 16.9 Å². The van der Waals surface area contributed by atoms with Crippen LogP contribution in [0, 0.1) is 11.3 Å². The first-order valence-electron chi connectivity index (χ1n) is 9.55. The summed E-state index contributed by atoms with van der Waals surface area (Å²) in [7, 11) is 4.49. The molecule has 7 heteroatoms. The van der Waals surface area contributed by atoms with Gasteiger partial charge in [0.25, 0.3) is 0 Å². The van der Waals surface area contributed by atoms with E-state index >= 15 is 0 Å². The Labute approximate surface area is 175 Å². The van der Waals surface area contributed by atoms with Crippen LogP contribution in [0.15, 0.2) is 42.5 Å². The molecule has 1 aromatic carbocycles. The van der Waals surface area contributed by atoms with E-state index in [1.807, 2.05) is 30.3 Å². The highest BCUT2D eigenvalue weighted by Gasteiger charge is 2.41. The second-order valence-corrected chi connectivity index (χ2v) is 6.92. The molecule has 3 rings (SSSR count). The van der Waals surface area contributed by atoms with Crippen LogP contribution in [-0.2, 0) is 20.9 Å². The Morgan fingerprint density at radius 2 is 1.93 bits per heavy atom. The fourth-order valence-electron chi connectivity index (χ4n) is 3.39. The standard InChI is InChI=1S/C23H24N2O5/c1-27-19-7-4-16(5-8-19)15-30-21-18(14-24)6-9-20(25-21)17-10-12-23(29-3,13-11-17)22(26)28-2/h4-10H,11-13,15H2,1-3H3. The smallest absolute Gasteiger partial charge is 0.338 e. The zero-order chi connectivity index (χ0) is 21.6. The van der Waals surface area contributed by atoms with E-state index in [9.17, 15) is 10.1 Å². The SMILES string of the molecule is COC(=O)C1(OC)CC=C(c2ccc(C#N)c(OCc3ccc(OC)cc3)n2)CC1. The van der Waals surface area contributed by atoms with E-state index in [4.69, 9.17) is 18.9 Å². The van der Waals surface area contributed by atoms with E-state index in [1.165, 1.54) is 14.2 Å².